The van der Waals surface area contributed by atoms with E-state index in [1.165, 1.54) is 12.1 Å². The van der Waals surface area contributed by atoms with Crippen molar-refractivity contribution >= 4 is 33.2 Å². The SMILES string of the molecule is NS(=O)(=O)c1ccc(NC(=O)COc2cccc(Oc3ccccc3)c2)c(Cl)c1.Oc1cccc(Oc2ccccc2)c1. The Balaban J connectivity index is 0.000000251. The molecule has 0 fully saturated rings. The number of anilines is 1. The third-order valence-corrected chi connectivity index (χ3v) is 6.72. The van der Waals surface area contributed by atoms with Gasteiger partial charge in [0.15, 0.2) is 6.61 Å². The maximum atomic E-state index is 12.1. The van der Waals surface area contributed by atoms with Crippen LogP contribution in [0.3, 0.4) is 0 Å². The molecule has 0 atom stereocenters. The van der Waals surface area contributed by atoms with E-state index in [9.17, 15) is 18.3 Å². The van der Waals surface area contributed by atoms with Crippen LogP contribution in [0.25, 0.3) is 0 Å². The van der Waals surface area contributed by atoms with Gasteiger partial charge < -0.3 is 24.6 Å². The van der Waals surface area contributed by atoms with Crippen molar-refractivity contribution in [2.75, 3.05) is 11.9 Å². The van der Waals surface area contributed by atoms with Gasteiger partial charge in [0.05, 0.1) is 15.6 Å². The number of benzene rings is 5. The van der Waals surface area contributed by atoms with Crippen molar-refractivity contribution in [3.05, 3.63) is 132 Å². The Morgan fingerprint density at radius 2 is 1.23 bits per heavy atom. The molecule has 11 heteroatoms. The second kappa shape index (κ2) is 14.7. The van der Waals surface area contributed by atoms with Crippen LogP contribution in [0, 0.1) is 0 Å². The van der Waals surface area contributed by atoms with Crippen molar-refractivity contribution in [1.29, 1.82) is 0 Å². The number of ether oxygens (including phenoxy) is 3. The van der Waals surface area contributed by atoms with Crippen molar-refractivity contribution in [3.63, 3.8) is 0 Å². The van der Waals surface area contributed by atoms with E-state index in [1.807, 2.05) is 60.7 Å². The highest BCUT2D eigenvalue weighted by molar-refractivity contribution is 7.89. The lowest BCUT2D eigenvalue weighted by molar-refractivity contribution is -0.118. The van der Waals surface area contributed by atoms with Crippen LogP contribution in [-0.4, -0.2) is 26.0 Å². The molecule has 5 aromatic carbocycles. The van der Waals surface area contributed by atoms with E-state index in [1.54, 1.807) is 48.5 Å². The van der Waals surface area contributed by atoms with E-state index in [2.05, 4.69) is 5.32 Å². The number of nitrogens with one attached hydrogen (secondary N) is 1. The second-order valence-corrected chi connectivity index (χ2v) is 10.8. The van der Waals surface area contributed by atoms with Gasteiger partial charge >= 0.3 is 0 Å². The van der Waals surface area contributed by atoms with Crippen LogP contribution >= 0.6 is 11.6 Å². The molecule has 0 spiro atoms. The van der Waals surface area contributed by atoms with E-state index in [4.69, 9.17) is 31.0 Å². The molecule has 9 nitrogen and oxygen atoms in total. The Morgan fingerprint density at radius 1 is 0.698 bits per heavy atom. The van der Waals surface area contributed by atoms with Gasteiger partial charge in [-0.15, -0.1) is 0 Å². The predicted octanol–water partition coefficient (Wildman–Crippen LogP) is 6.98. The molecule has 5 rings (SSSR count). The molecule has 0 aromatic heterocycles. The van der Waals surface area contributed by atoms with Crippen molar-refractivity contribution in [1.82, 2.24) is 0 Å². The molecule has 0 saturated carbocycles. The third kappa shape index (κ3) is 10.1. The summed E-state index contributed by atoms with van der Waals surface area (Å²) in [6.07, 6.45) is 0. The number of carbonyl (C=O) groups excluding carboxylic acids is 1. The molecule has 0 aliphatic heterocycles. The Morgan fingerprint density at radius 3 is 1.79 bits per heavy atom. The maximum absolute atomic E-state index is 12.1. The maximum Gasteiger partial charge on any atom is 0.262 e. The van der Waals surface area contributed by atoms with Crippen LogP contribution < -0.4 is 24.7 Å². The van der Waals surface area contributed by atoms with Crippen LogP contribution in [-0.2, 0) is 14.8 Å². The molecule has 0 saturated heterocycles. The van der Waals surface area contributed by atoms with E-state index in [0.717, 1.165) is 11.8 Å². The number of rotatable bonds is 9. The third-order valence-electron chi connectivity index (χ3n) is 5.49. The number of halogens is 1. The van der Waals surface area contributed by atoms with E-state index < -0.39 is 15.9 Å². The number of nitrogens with two attached hydrogens (primary N) is 1. The normalized spacial score (nSPS) is 10.6. The number of hydrogen-bond acceptors (Lipinski definition) is 7. The van der Waals surface area contributed by atoms with Gasteiger partial charge in [-0.05, 0) is 66.7 Å². The zero-order valence-electron chi connectivity index (χ0n) is 22.6. The monoisotopic (exact) mass is 618 g/mol. The number of sulfonamides is 1. The molecule has 1 amide bonds. The van der Waals surface area contributed by atoms with Gasteiger partial charge in [0, 0.05) is 12.1 Å². The summed E-state index contributed by atoms with van der Waals surface area (Å²) in [5, 5.41) is 16.9. The number of amides is 1. The molecule has 0 heterocycles. The molecule has 43 heavy (non-hydrogen) atoms. The van der Waals surface area contributed by atoms with Crippen molar-refractivity contribution < 1.29 is 32.5 Å². The minimum Gasteiger partial charge on any atom is -0.508 e. The molecule has 0 radical (unpaired) electrons. The number of para-hydroxylation sites is 2. The van der Waals surface area contributed by atoms with Crippen LogP contribution in [0.5, 0.6) is 34.5 Å². The number of hydrogen-bond donors (Lipinski definition) is 3. The smallest absolute Gasteiger partial charge is 0.262 e. The highest BCUT2D eigenvalue weighted by Crippen LogP contribution is 2.27. The zero-order valence-corrected chi connectivity index (χ0v) is 24.2. The predicted molar refractivity (Wildman–Crippen MR) is 165 cm³/mol. The average molecular weight is 619 g/mol. The first-order chi connectivity index (χ1) is 20.7. The van der Waals surface area contributed by atoms with Crippen LogP contribution in [0.4, 0.5) is 5.69 Å². The molecule has 0 aliphatic rings. The van der Waals surface area contributed by atoms with Gasteiger partial charge in [-0.1, -0.05) is 60.1 Å². The van der Waals surface area contributed by atoms with Gasteiger partial charge in [-0.2, -0.15) is 0 Å². The quantitative estimate of drug-likeness (QED) is 0.162. The Labute approximate surface area is 254 Å². The average Bonchev–Trinajstić information content (AvgIpc) is 2.98. The minimum atomic E-state index is -3.88. The fourth-order valence-corrected chi connectivity index (χ4v) is 4.37. The van der Waals surface area contributed by atoms with Gasteiger partial charge in [0.1, 0.15) is 34.5 Å². The summed E-state index contributed by atoms with van der Waals surface area (Å²) in [5.74, 6) is 2.83. The Bertz CT molecular complexity index is 1770. The van der Waals surface area contributed by atoms with Crippen LogP contribution in [0.1, 0.15) is 0 Å². The van der Waals surface area contributed by atoms with Crippen molar-refractivity contribution in [2.24, 2.45) is 5.14 Å². The fourth-order valence-electron chi connectivity index (χ4n) is 3.53. The summed E-state index contributed by atoms with van der Waals surface area (Å²) in [5.41, 5.74) is 0.244. The first-order valence-electron chi connectivity index (χ1n) is 12.8. The van der Waals surface area contributed by atoms with Gasteiger partial charge in [-0.3, -0.25) is 4.79 Å². The van der Waals surface area contributed by atoms with Crippen molar-refractivity contribution in [3.8, 4) is 34.5 Å². The van der Waals surface area contributed by atoms with Crippen molar-refractivity contribution in [2.45, 2.75) is 4.90 Å². The zero-order chi connectivity index (χ0) is 30.7. The molecule has 5 aromatic rings. The highest BCUT2D eigenvalue weighted by atomic mass is 35.5. The summed E-state index contributed by atoms with van der Waals surface area (Å²) in [4.78, 5) is 12.0. The second-order valence-electron chi connectivity index (χ2n) is 8.83. The molecule has 220 valence electrons. The number of aromatic hydroxyl groups is 1. The molecule has 0 bridgehead atoms. The number of phenols is 1. The minimum absolute atomic E-state index is 0.0446. The number of phenolic OH excluding ortho intramolecular Hbond substituents is 1. The van der Waals surface area contributed by atoms with E-state index in [-0.39, 0.29) is 28.0 Å². The summed E-state index contributed by atoms with van der Waals surface area (Å²) in [7, 11) is -3.88. The first-order valence-corrected chi connectivity index (χ1v) is 14.7. The van der Waals surface area contributed by atoms with Crippen LogP contribution in [0.15, 0.2) is 132 Å². The summed E-state index contributed by atoms with van der Waals surface area (Å²) < 4.78 is 39.3. The lowest BCUT2D eigenvalue weighted by Crippen LogP contribution is -2.20. The molecular weight excluding hydrogens is 592 g/mol. The Hall–Kier alpha value is -5.03. The molecule has 4 N–H and O–H groups in total. The van der Waals surface area contributed by atoms with Gasteiger partial charge in [-0.25, -0.2) is 13.6 Å². The van der Waals surface area contributed by atoms with Gasteiger partial charge in [0.25, 0.3) is 5.91 Å². The topological polar surface area (TPSA) is 137 Å². The molecular formula is C32H27ClN2O7S. The largest absolute Gasteiger partial charge is 0.508 e. The fraction of sp³-hybridized carbons (Fsp3) is 0.0312. The van der Waals surface area contributed by atoms with Crippen LogP contribution in [0.2, 0.25) is 5.02 Å². The van der Waals surface area contributed by atoms with Gasteiger partial charge in [0.2, 0.25) is 10.0 Å². The molecule has 0 aliphatic carbocycles. The summed E-state index contributed by atoms with van der Waals surface area (Å²) in [6.45, 7) is -0.276. The number of carbonyl (C=O) groups is 1. The lowest BCUT2D eigenvalue weighted by Gasteiger charge is -2.11. The number of primary sulfonamides is 1. The molecule has 0 unspecified atom stereocenters. The highest BCUT2D eigenvalue weighted by Gasteiger charge is 2.13. The van der Waals surface area contributed by atoms with E-state index >= 15 is 0 Å². The standard InChI is InChI=1S/C20H17ClN2O5S.C12H10O2/c21-18-12-17(29(22,25)26)9-10-19(18)23-20(24)13-27-15-7-4-8-16(11-15)28-14-5-2-1-3-6-14;13-10-5-4-8-12(9-10)14-11-6-2-1-3-7-11/h1-12H,13H2,(H,23,24)(H2,22,25,26);1-9,13H. The van der Waals surface area contributed by atoms with E-state index in [0.29, 0.717) is 23.0 Å². The Kier molecular flexibility index (Phi) is 10.6. The summed E-state index contributed by atoms with van der Waals surface area (Å²) in [6, 6.07) is 36.1. The summed E-state index contributed by atoms with van der Waals surface area (Å²) >= 11 is 6.00. The first kappa shape index (κ1) is 30.9. The lowest BCUT2D eigenvalue weighted by atomic mass is 10.3.